The zero-order valence-electron chi connectivity index (χ0n) is 17.1. The smallest absolute Gasteiger partial charge is 0.226 e. The number of nitrogens with one attached hydrogen (secondary N) is 1. The van der Waals surface area contributed by atoms with E-state index in [0.717, 1.165) is 57.6 Å². The Morgan fingerprint density at radius 1 is 1.10 bits per heavy atom. The summed E-state index contributed by atoms with van der Waals surface area (Å²) >= 11 is 0. The fourth-order valence-corrected chi connectivity index (χ4v) is 5.65. The van der Waals surface area contributed by atoms with Gasteiger partial charge >= 0.3 is 0 Å². The Balaban J connectivity index is 1.39. The molecule has 6 rings (SSSR count). The number of amides is 1. The zero-order valence-corrected chi connectivity index (χ0v) is 17.1. The van der Waals surface area contributed by atoms with E-state index in [1.807, 2.05) is 17.0 Å². The number of carbonyl (C=O) groups excluding carboxylic acids is 1. The molecule has 1 amide bonds. The first-order chi connectivity index (χ1) is 14.3. The molecule has 2 atom stereocenters. The first-order valence-electron chi connectivity index (χ1n) is 11.2. The molecule has 1 aromatic rings. The monoisotopic (exact) mass is 400 g/mol. The molecule has 2 saturated heterocycles. The molecule has 1 aliphatic carbocycles. The van der Waals surface area contributed by atoms with Gasteiger partial charge in [-0.05, 0) is 49.7 Å². The van der Waals surface area contributed by atoms with Crippen LogP contribution in [0.2, 0.25) is 0 Å². The predicted octanol–water partition coefficient (Wildman–Crippen LogP) is 2.47. The van der Waals surface area contributed by atoms with Crippen molar-refractivity contribution in [1.82, 2.24) is 10.2 Å². The van der Waals surface area contributed by atoms with E-state index in [1.165, 1.54) is 5.56 Å². The summed E-state index contributed by atoms with van der Waals surface area (Å²) in [5.74, 6) is 1.62. The number of rotatable bonds is 0. The second kappa shape index (κ2) is 8.25. The van der Waals surface area contributed by atoms with Gasteiger partial charge in [0.05, 0.1) is 50.5 Å². The zero-order chi connectivity index (χ0) is 19.7. The molecule has 1 N–H and O–H groups in total. The van der Waals surface area contributed by atoms with Gasteiger partial charge in [0.2, 0.25) is 5.91 Å². The average molecular weight is 401 g/mol. The molecule has 2 bridgehead atoms. The fraction of sp³-hybridized carbons (Fsp3) is 0.696. The van der Waals surface area contributed by atoms with Gasteiger partial charge in [0, 0.05) is 13.1 Å². The van der Waals surface area contributed by atoms with Gasteiger partial charge in [0.25, 0.3) is 0 Å². The Bertz CT molecular complexity index is 725. The highest BCUT2D eigenvalue weighted by atomic mass is 16.5. The minimum absolute atomic E-state index is 0.0308. The summed E-state index contributed by atoms with van der Waals surface area (Å²) in [5, 5.41) is 3.67. The molecule has 2 unspecified atom stereocenters. The predicted molar refractivity (Wildman–Crippen MR) is 109 cm³/mol. The van der Waals surface area contributed by atoms with Crippen LogP contribution in [0.25, 0.3) is 0 Å². The van der Waals surface area contributed by atoms with Crippen molar-refractivity contribution in [2.75, 3.05) is 39.5 Å². The van der Waals surface area contributed by atoms with Crippen molar-refractivity contribution >= 4 is 5.91 Å². The van der Waals surface area contributed by atoms with Crippen LogP contribution in [0, 0.1) is 0 Å². The molecule has 1 saturated carbocycles. The van der Waals surface area contributed by atoms with E-state index in [-0.39, 0.29) is 23.6 Å². The molecule has 4 heterocycles. The summed E-state index contributed by atoms with van der Waals surface area (Å²) in [4.78, 5) is 15.1. The lowest BCUT2D eigenvalue weighted by molar-refractivity contribution is -0.136. The van der Waals surface area contributed by atoms with Crippen molar-refractivity contribution < 1.29 is 19.0 Å². The van der Waals surface area contributed by atoms with E-state index in [2.05, 4.69) is 17.4 Å². The van der Waals surface area contributed by atoms with Crippen LogP contribution < -0.4 is 10.1 Å². The van der Waals surface area contributed by atoms with E-state index in [9.17, 15) is 4.79 Å². The molecule has 3 fully saturated rings. The fourth-order valence-electron chi connectivity index (χ4n) is 5.65. The van der Waals surface area contributed by atoms with Crippen LogP contribution in [0.15, 0.2) is 24.3 Å². The number of hydrogen-bond acceptors (Lipinski definition) is 5. The summed E-state index contributed by atoms with van der Waals surface area (Å²) in [7, 11) is 0. The minimum Gasteiger partial charge on any atom is -0.493 e. The first-order valence-corrected chi connectivity index (χ1v) is 11.2. The number of para-hydroxylation sites is 1. The van der Waals surface area contributed by atoms with E-state index >= 15 is 0 Å². The van der Waals surface area contributed by atoms with Gasteiger partial charge in [-0.15, -0.1) is 0 Å². The Morgan fingerprint density at radius 3 is 2.79 bits per heavy atom. The van der Waals surface area contributed by atoms with Crippen molar-refractivity contribution in [3.63, 3.8) is 0 Å². The topological polar surface area (TPSA) is 60.0 Å². The number of ether oxygens (including phenoxy) is 3. The number of fused-ring (bicyclic) bond motifs is 6. The molecule has 158 valence electrons. The maximum absolute atomic E-state index is 13.1. The maximum Gasteiger partial charge on any atom is 0.226 e. The van der Waals surface area contributed by atoms with E-state index < -0.39 is 0 Å². The Labute approximate surface area is 172 Å². The van der Waals surface area contributed by atoms with Crippen molar-refractivity contribution in [2.45, 2.75) is 62.1 Å². The van der Waals surface area contributed by atoms with E-state index in [0.29, 0.717) is 32.2 Å². The number of carbonyl (C=O) groups is 1. The summed E-state index contributed by atoms with van der Waals surface area (Å²) in [6, 6.07) is 8.37. The maximum atomic E-state index is 13.1. The molecular formula is C23H32N2O4. The highest BCUT2D eigenvalue weighted by Gasteiger charge is 2.50. The molecule has 6 heteroatoms. The molecule has 0 aromatic heterocycles. The molecule has 29 heavy (non-hydrogen) atoms. The molecule has 6 nitrogen and oxygen atoms in total. The van der Waals surface area contributed by atoms with Gasteiger partial charge in [-0.3, -0.25) is 4.79 Å². The quantitative estimate of drug-likeness (QED) is 0.725. The van der Waals surface area contributed by atoms with Crippen LogP contribution in [-0.2, 0) is 14.3 Å². The number of benzene rings is 1. The van der Waals surface area contributed by atoms with Gasteiger partial charge in [0.1, 0.15) is 5.75 Å². The second-order valence-electron chi connectivity index (χ2n) is 8.93. The average Bonchev–Trinajstić information content (AvgIpc) is 3.10. The molecular weight excluding hydrogens is 368 g/mol. The van der Waals surface area contributed by atoms with Crippen LogP contribution in [-0.4, -0.2) is 68.0 Å². The van der Waals surface area contributed by atoms with Gasteiger partial charge < -0.3 is 24.4 Å². The first kappa shape index (κ1) is 19.3. The summed E-state index contributed by atoms with van der Waals surface area (Å²) in [5.41, 5.74) is 1.12. The highest BCUT2D eigenvalue weighted by Crippen LogP contribution is 2.39. The van der Waals surface area contributed by atoms with Crippen molar-refractivity contribution in [3.8, 4) is 5.75 Å². The van der Waals surface area contributed by atoms with Crippen LogP contribution in [0.1, 0.15) is 50.0 Å². The van der Waals surface area contributed by atoms with Crippen molar-refractivity contribution in [1.29, 1.82) is 0 Å². The third kappa shape index (κ3) is 3.78. The van der Waals surface area contributed by atoms with Crippen molar-refractivity contribution in [2.24, 2.45) is 0 Å². The van der Waals surface area contributed by atoms with Crippen LogP contribution in [0.3, 0.4) is 0 Å². The molecule has 0 radical (unpaired) electrons. The molecule has 1 aromatic carbocycles. The number of nitrogens with zero attached hydrogens (tertiary/aromatic N) is 1. The number of morpholine rings is 1. The van der Waals surface area contributed by atoms with Crippen LogP contribution >= 0.6 is 0 Å². The Kier molecular flexibility index (Phi) is 5.50. The lowest BCUT2D eigenvalue weighted by Crippen LogP contribution is -2.63. The van der Waals surface area contributed by atoms with Crippen LogP contribution in [0.4, 0.5) is 0 Å². The largest absolute Gasteiger partial charge is 0.493 e. The number of hydrogen-bond donors (Lipinski definition) is 1. The molecule has 1 spiro atoms. The minimum atomic E-state index is -0.171. The van der Waals surface area contributed by atoms with Gasteiger partial charge in [-0.25, -0.2) is 0 Å². The molecule has 5 aliphatic rings. The van der Waals surface area contributed by atoms with E-state index in [4.69, 9.17) is 14.2 Å². The summed E-state index contributed by atoms with van der Waals surface area (Å²) in [6.45, 7) is 4.00. The lowest BCUT2D eigenvalue weighted by Gasteiger charge is -2.42. The Hall–Kier alpha value is -1.63. The van der Waals surface area contributed by atoms with E-state index in [1.54, 1.807) is 0 Å². The van der Waals surface area contributed by atoms with Gasteiger partial charge in [0.15, 0.2) is 0 Å². The third-order valence-electron chi connectivity index (χ3n) is 7.31. The van der Waals surface area contributed by atoms with Crippen molar-refractivity contribution in [3.05, 3.63) is 29.8 Å². The second-order valence-corrected chi connectivity index (χ2v) is 8.93. The third-order valence-corrected chi connectivity index (χ3v) is 7.31. The summed E-state index contributed by atoms with van der Waals surface area (Å²) in [6.07, 6.45) is 5.99. The molecule has 4 aliphatic heterocycles. The normalized spacial score (nSPS) is 35.7. The summed E-state index contributed by atoms with van der Waals surface area (Å²) < 4.78 is 18.4. The standard InChI is InChI=1S/C23H32N2O4/c26-22-9-13-28-20-4-2-1-3-19(20)17-5-7-18(8-6-17)29-15-21-23(10-12-25(21)22)16-27-14-11-24-23/h1-4,17-18,21,24H,5-16H2. The SMILES string of the molecule is O=C1CCOc2ccccc2C2CCC(CC2)OCC2N1CCC21COCCN1. The van der Waals surface area contributed by atoms with Gasteiger partial charge in [-0.2, -0.15) is 0 Å². The highest BCUT2D eigenvalue weighted by molar-refractivity contribution is 5.77. The van der Waals surface area contributed by atoms with Gasteiger partial charge in [-0.1, -0.05) is 18.2 Å². The Morgan fingerprint density at radius 2 is 1.97 bits per heavy atom. The van der Waals surface area contributed by atoms with Crippen LogP contribution in [0.5, 0.6) is 5.75 Å². The lowest BCUT2D eigenvalue weighted by atomic mass is 9.82.